The Labute approximate surface area is 244 Å². The van der Waals surface area contributed by atoms with E-state index in [0.29, 0.717) is 19.3 Å². The van der Waals surface area contributed by atoms with Crippen LogP contribution in [-0.4, -0.2) is 63.3 Å². The minimum Gasteiger partial charge on any atom is -0.343 e. The Kier molecular flexibility index (Phi) is 8.58. The van der Waals surface area contributed by atoms with Crippen molar-refractivity contribution in [3.05, 3.63) is 70.8 Å². The zero-order chi connectivity index (χ0) is 29.9. The third kappa shape index (κ3) is 6.01. The van der Waals surface area contributed by atoms with E-state index in [9.17, 15) is 24.0 Å². The molecule has 0 aromatic heterocycles. The summed E-state index contributed by atoms with van der Waals surface area (Å²) in [5, 5.41) is 17.5. The monoisotopic (exact) mass is 575 g/mol. The highest BCUT2D eigenvalue weighted by molar-refractivity contribution is 6.00. The Balaban J connectivity index is 1.44. The van der Waals surface area contributed by atoms with E-state index in [2.05, 4.69) is 16.0 Å². The molecule has 2 aliphatic heterocycles. The van der Waals surface area contributed by atoms with Crippen molar-refractivity contribution < 1.29 is 29.2 Å². The molecule has 1 saturated heterocycles. The normalized spacial score (nSPS) is 23.4. The molecular formula is C31H37N5O6. The molecule has 1 fully saturated rings. The summed E-state index contributed by atoms with van der Waals surface area (Å²) in [5.74, 6) is -2.20. The number of rotatable bonds is 6. The van der Waals surface area contributed by atoms with Crippen molar-refractivity contribution in [2.45, 2.75) is 88.5 Å². The second-order valence-corrected chi connectivity index (χ2v) is 11.5. The smallest absolute Gasteiger partial charge is 0.247 e. The van der Waals surface area contributed by atoms with Crippen molar-refractivity contribution in [2.24, 2.45) is 0 Å². The number of carbonyl (C=O) groups excluding carboxylic acids is 5. The maximum absolute atomic E-state index is 13.9. The van der Waals surface area contributed by atoms with E-state index in [0.717, 1.165) is 22.3 Å². The van der Waals surface area contributed by atoms with Crippen LogP contribution in [0.5, 0.6) is 0 Å². The van der Waals surface area contributed by atoms with E-state index in [1.807, 2.05) is 48.5 Å². The molecule has 42 heavy (non-hydrogen) atoms. The lowest BCUT2D eigenvalue weighted by atomic mass is 9.90. The van der Waals surface area contributed by atoms with Gasteiger partial charge in [0.15, 0.2) is 0 Å². The van der Waals surface area contributed by atoms with Crippen LogP contribution in [0.1, 0.15) is 61.3 Å². The van der Waals surface area contributed by atoms with Gasteiger partial charge in [-0.15, -0.1) is 0 Å². The second kappa shape index (κ2) is 12.3. The molecule has 0 radical (unpaired) electrons. The van der Waals surface area contributed by atoms with E-state index in [4.69, 9.17) is 5.21 Å². The highest BCUT2D eigenvalue weighted by Gasteiger charge is 2.48. The van der Waals surface area contributed by atoms with Crippen LogP contribution in [-0.2, 0) is 49.8 Å². The van der Waals surface area contributed by atoms with Gasteiger partial charge in [0.2, 0.25) is 29.5 Å². The fourth-order valence-corrected chi connectivity index (χ4v) is 6.28. The molecule has 5 N–H and O–H groups in total. The van der Waals surface area contributed by atoms with E-state index < -0.39 is 47.3 Å². The highest BCUT2D eigenvalue weighted by Crippen LogP contribution is 2.32. The van der Waals surface area contributed by atoms with Gasteiger partial charge >= 0.3 is 0 Å². The van der Waals surface area contributed by atoms with Gasteiger partial charge in [0.05, 0.1) is 0 Å². The van der Waals surface area contributed by atoms with Crippen LogP contribution in [0.25, 0.3) is 0 Å². The Morgan fingerprint density at radius 1 is 0.905 bits per heavy atom. The summed E-state index contributed by atoms with van der Waals surface area (Å²) < 4.78 is 0. The number of hydrogen-bond donors (Lipinski definition) is 5. The first-order valence-corrected chi connectivity index (χ1v) is 14.5. The van der Waals surface area contributed by atoms with E-state index in [1.54, 1.807) is 12.4 Å². The summed E-state index contributed by atoms with van der Waals surface area (Å²) in [6, 6.07) is 12.5. The number of amides is 5. The van der Waals surface area contributed by atoms with Gasteiger partial charge in [0.25, 0.3) is 0 Å². The average molecular weight is 576 g/mol. The van der Waals surface area contributed by atoms with Crippen molar-refractivity contribution in [2.75, 3.05) is 0 Å². The summed E-state index contributed by atoms with van der Waals surface area (Å²) >= 11 is 0. The molecule has 5 amide bonds. The quantitative estimate of drug-likeness (QED) is 0.197. The molecule has 0 unspecified atom stereocenters. The molecule has 1 spiro atoms. The first-order valence-electron chi connectivity index (χ1n) is 14.5. The summed E-state index contributed by atoms with van der Waals surface area (Å²) in [4.78, 5) is 68.2. The molecule has 3 atom stereocenters. The minimum atomic E-state index is -1.31. The summed E-state index contributed by atoms with van der Waals surface area (Å²) in [6.07, 6.45) is 2.83. The molecule has 3 aliphatic rings. The molecule has 11 nitrogen and oxygen atoms in total. The number of nitrogens with zero attached hydrogens (tertiary/aromatic N) is 1. The van der Waals surface area contributed by atoms with Crippen molar-refractivity contribution in [3.8, 4) is 0 Å². The first kappa shape index (κ1) is 29.2. The third-order valence-electron chi connectivity index (χ3n) is 8.61. The predicted octanol–water partition coefficient (Wildman–Crippen LogP) is 1.05. The molecule has 1 aliphatic carbocycles. The molecule has 5 rings (SSSR count). The molecule has 0 bridgehead atoms. The molecule has 222 valence electrons. The van der Waals surface area contributed by atoms with E-state index >= 15 is 0 Å². The largest absolute Gasteiger partial charge is 0.343 e. The zero-order valence-corrected chi connectivity index (χ0v) is 23.7. The minimum absolute atomic E-state index is 0.137. The van der Waals surface area contributed by atoms with Crippen molar-refractivity contribution in [1.29, 1.82) is 0 Å². The Hall–Kier alpha value is -4.25. The molecule has 2 heterocycles. The topological polar surface area (TPSA) is 157 Å². The molecule has 2 aromatic carbocycles. The zero-order valence-electron chi connectivity index (χ0n) is 23.7. The molecule has 11 heteroatoms. The number of unbranched alkanes of at least 4 members (excludes halogenated alkanes) is 2. The van der Waals surface area contributed by atoms with Gasteiger partial charge in [-0.2, -0.15) is 0 Å². The van der Waals surface area contributed by atoms with Gasteiger partial charge in [-0.25, -0.2) is 5.48 Å². The van der Waals surface area contributed by atoms with Gasteiger partial charge in [-0.1, -0.05) is 61.4 Å². The summed E-state index contributed by atoms with van der Waals surface area (Å²) in [5.41, 5.74) is 4.06. The lowest BCUT2D eigenvalue weighted by Crippen LogP contribution is -2.67. The van der Waals surface area contributed by atoms with Gasteiger partial charge < -0.3 is 20.9 Å². The number of fused-ring (bicyclic) bond motifs is 3. The number of hydrogen-bond acceptors (Lipinski definition) is 6. The van der Waals surface area contributed by atoms with E-state index in [-0.39, 0.29) is 44.6 Å². The van der Waals surface area contributed by atoms with Crippen LogP contribution in [0, 0.1) is 0 Å². The molecule has 2 aromatic rings. The number of carbonyl (C=O) groups is 5. The van der Waals surface area contributed by atoms with Gasteiger partial charge in [0.1, 0.15) is 23.7 Å². The van der Waals surface area contributed by atoms with Crippen molar-refractivity contribution in [3.63, 3.8) is 0 Å². The molecule has 0 saturated carbocycles. The van der Waals surface area contributed by atoms with Gasteiger partial charge in [-0.3, -0.25) is 29.2 Å². The van der Waals surface area contributed by atoms with Gasteiger partial charge in [-0.05, 0) is 42.0 Å². The lowest BCUT2D eigenvalue weighted by Gasteiger charge is -2.40. The first-order chi connectivity index (χ1) is 20.2. The maximum atomic E-state index is 13.9. The number of nitrogens with one attached hydrogen (secondary N) is 4. The highest BCUT2D eigenvalue weighted by atomic mass is 16.5. The number of hydroxylamine groups is 1. The fourth-order valence-electron chi connectivity index (χ4n) is 6.28. The third-order valence-corrected chi connectivity index (χ3v) is 8.61. The van der Waals surface area contributed by atoms with Crippen LogP contribution >= 0.6 is 0 Å². The Morgan fingerprint density at radius 3 is 2.21 bits per heavy atom. The second-order valence-electron chi connectivity index (χ2n) is 11.5. The van der Waals surface area contributed by atoms with Crippen LogP contribution in [0.15, 0.2) is 48.5 Å². The number of benzene rings is 2. The standard InChI is InChI=1S/C31H37N5O6/c1-19-29(40)36-18-23-12-8-5-9-20(23)15-25(36)28(39)33-24(13-3-2-4-14-26(37)35-42)27(38)34-31(30(41)32-19)16-21-10-6-7-11-22(21)17-31/h5-12,19,24-25,42H,2-4,13-18H2,1H3,(H,32,41)(H,33,39)(H,34,38)(H,35,37)/t19-,24-,25+/m0/s1. The maximum Gasteiger partial charge on any atom is 0.247 e. The fraction of sp³-hybridized carbons (Fsp3) is 0.452. The summed E-state index contributed by atoms with van der Waals surface area (Å²) in [7, 11) is 0. The van der Waals surface area contributed by atoms with Crippen molar-refractivity contribution in [1.82, 2.24) is 26.3 Å². The molecular weight excluding hydrogens is 538 g/mol. The Morgan fingerprint density at radius 2 is 1.55 bits per heavy atom. The van der Waals surface area contributed by atoms with Crippen LogP contribution < -0.4 is 21.4 Å². The predicted molar refractivity (Wildman–Crippen MR) is 152 cm³/mol. The van der Waals surface area contributed by atoms with E-state index in [1.165, 1.54) is 4.90 Å². The Bertz CT molecular complexity index is 1370. The van der Waals surface area contributed by atoms with Crippen LogP contribution in [0.4, 0.5) is 0 Å². The van der Waals surface area contributed by atoms with Crippen molar-refractivity contribution >= 4 is 29.5 Å². The van der Waals surface area contributed by atoms with Crippen LogP contribution in [0.2, 0.25) is 0 Å². The van der Waals surface area contributed by atoms with Crippen LogP contribution in [0.3, 0.4) is 0 Å². The average Bonchev–Trinajstić information content (AvgIpc) is 3.37. The SMILES string of the molecule is C[C@@H]1NC(=O)C2(Cc3ccccc3C2)NC(=O)[C@H](CCCCCC(=O)NO)NC(=O)[C@H]2Cc3ccccc3CN2C1=O. The summed E-state index contributed by atoms with van der Waals surface area (Å²) in [6.45, 7) is 1.83. The van der Waals surface area contributed by atoms with Gasteiger partial charge in [0, 0.05) is 32.2 Å². The lowest BCUT2D eigenvalue weighted by molar-refractivity contribution is -0.147.